The molecule has 0 aliphatic heterocycles. The van der Waals surface area contributed by atoms with Crippen LogP contribution in [0.15, 0.2) is 4.47 Å². The molecule has 0 saturated carbocycles. The quantitative estimate of drug-likeness (QED) is 0.629. The molecule has 7 heteroatoms. The first-order chi connectivity index (χ1) is 5.54. The minimum atomic E-state index is -1.56. The number of carboxylic acid groups (broad SMARTS) is 2. The standard InChI is InChI=1S/C5H3BrN2O4/c6-1-2(4(9)10)7-8-3(1)5(11)12/h(H,7,8)(H,9,10)(H,11,12)/p-2. The highest BCUT2D eigenvalue weighted by atomic mass is 79.9. The molecule has 1 aromatic rings. The van der Waals surface area contributed by atoms with Crippen LogP contribution in [0.2, 0.25) is 0 Å². The first-order valence-corrected chi connectivity index (χ1v) is 3.50. The summed E-state index contributed by atoms with van der Waals surface area (Å²) in [5, 5.41) is 25.6. The van der Waals surface area contributed by atoms with E-state index in [1.54, 1.807) is 0 Å². The maximum absolute atomic E-state index is 10.2. The summed E-state index contributed by atoms with van der Waals surface area (Å²) in [6, 6.07) is 0. The third-order valence-corrected chi connectivity index (χ3v) is 1.88. The summed E-state index contributed by atoms with van der Waals surface area (Å²) < 4.78 is -0.178. The lowest BCUT2D eigenvalue weighted by atomic mass is 10.3. The van der Waals surface area contributed by atoms with E-state index in [0.29, 0.717) is 0 Å². The fraction of sp³-hybridized carbons (Fsp3) is 0. The molecule has 0 bridgehead atoms. The summed E-state index contributed by atoms with van der Waals surface area (Å²) in [6.07, 6.45) is 0. The molecule has 0 unspecified atom stereocenters. The first-order valence-electron chi connectivity index (χ1n) is 2.70. The summed E-state index contributed by atoms with van der Waals surface area (Å²) in [4.78, 5) is 20.5. The number of hydrogen-bond acceptors (Lipinski definition) is 5. The molecule has 1 heterocycles. The van der Waals surface area contributed by atoms with E-state index in [1.165, 1.54) is 0 Å². The van der Waals surface area contributed by atoms with E-state index in [4.69, 9.17) is 0 Å². The molecule has 0 aliphatic carbocycles. The molecular weight excluding hydrogens is 232 g/mol. The number of aromatic carboxylic acids is 2. The van der Waals surface area contributed by atoms with Crippen molar-refractivity contribution in [1.82, 2.24) is 10.2 Å². The zero-order chi connectivity index (χ0) is 9.30. The topological polar surface area (TPSA) is 109 Å². The summed E-state index contributed by atoms with van der Waals surface area (Å²) in [5.41, 5.74) is -0.914. The molecule has 0 fully saturated rings. The number of hydrogen-bond donors (Lipinski definition) is 1. The Morgan fingerprint density at radius 3 is 2.17 bits per heavy atom. The minimum absolute atomic E-state index is 0.178. The maximum atomic E-state index is 10.2. The molecule has 12 heavy (non-hydrogen) atoms. The van der Waals surface area contributed by atoms with Crippen LogP contribution < -0.4 is 10.2 Å². The third-order valence-electron chi connectivity index (χ3n) is 1.10. The van der Waals surface area contributed by atoms with Crippen molar-refractivity contribution >= 4 is 27.9 Å². The SMILES string of the molecule is O=C([O-])c1n[nH]c(C(=O)[O-])c1Br. The molecule has 0 aromatic carbocycles. The first kappa shape index (κ1) is 8.72. The van der Waals surface area contributed by atoms with Crippen molar-refractivity contribution in [2.45, 2.75) is 0 Å². The average molecular weight is 233 g/mol. The van der Waals surface area contributed by atoms with Crippen LogP contribution in [-0.2, 0) is 0 Å². The Morgan fingerprint density at radius 1 is 1.33 bits per heavy atom. The van der Waals surface area contributed by atoms with E-state index in [9.17, 15) is 19.8 Å². The Labute approximate surface area is 74.3 Å². The van der Waals surface area contributed by atoms with Crippen molar-refractivity contribution < 1.29 is 19.8 Å². The van der Waals surface area contributed by atoms with Crippen molar-refractivity contribution in [3.8, 4) is 0 Å². The lowest BCUT2D eigenvalue weighted by Crippen LogP contribution is -2.24. The minimum Gasteiger partial charge on any atom is -0.543 e. The van der Waals surface area contributed by atoms with Crippen LogP contribution in [0.3, 0.4) is 0 Å². The van der Waals surface area contributed by atoms with E-state index < -0.39 is 23.3 Å². The molecule has 1 aromatic heterocycles. The van der Waals surface area contributed by atoms with Crippen LogP contribution in [-0.4, -0.2) is 22.1 Å². The molecule has 0 spiro atoms. The van der Waals surface area contributed by atoms with Gasteiger partial charge >= 0.3 is 0 Å². The monoisotopic (exact) mass is 232 g/mol. The molecule has 1 rings (SSSR count). The predicted molar refractivity (Wildman–Crippen MR) is 34.9 cm³/mol. The highest BCUT2D eigenvalue weighted by molar-refractivity contribution is 9.10. The molecule has 1 N–H and O–H groups in total. The van der Waals surface area contributed by atoms with Gasteiger partial charge in [0.2, 0.25) is 0 Å². The number of aromatic amines is 1. The molecular formula is C5HBrN2O4-2. The number of carbonyl (C=O) groups excluding carboxylic acids is 2. The zero-order valence-electron chi connectivity index (χ0n) is 5.46. The van der Waals surface area contributed by atoms with Crippen molar-refractivity contribution in [2.24, 2.45) is 0 Å². The number of carbonyl (C=O) groups is 2. The van der Waals surface area contributed by atoms with Gasteiger partial charge in [0.15, 0.2) is 0 Å². The molecule has 0 atom stereocenters. The summed E-state index contributed by atoms with van der Waals surface area (Å²) in [5.74, 6) is -3.10. The smallest absolute Gasteiger partial charge is 0.122 e. The van der Waals surface area contributed by atoms with Gasteiger partial charge in [-0.25, -0.2) is 0 Å². The van der Waals surface area contributed by atoms with E-state index in [-0.39, 0.29) is 4.47 Å². The second kappa shape index (κ2) is 2.94. The van der Waals surface area contributed by atoms with E-state index >= 15 is 0 Å². The van der Waals surface area contributed by atoms with Crippen LogP contribution in [0.1, 0.15) is 21.0 Å². The second-order valence-electron chi connectivity index (χ2n) is 1.84. The van der Waals surface area contributed by atoms with Gasteiger partial charge in [0.1, 0.15) is 5.69 Å². The normalized spacial score (nSPS) is 9.75. The molecule has 0 radical (unpaired) electrons. The Morgan fingerprint density at radius 2 is 1.92 bits per heavy atom. The fourth-order valence-electron chi connectivity index (χ4n) is 0.599. The lowest BCUT2D eigenvalue weighted by Gasteiger charge is -1.98. The molecule has 64 valence electrons. The average Bonchev–Trinajstić information content (AvgIpc) is 2.30. The van der Waals surface area contributed by atoms with Gasteiger partial charge in [-0.3, -0.25) is 5.10 Å². The highest BCUT2D eigenvalue weighted by Crippen LogP contribution is 2.17. The van der Waals surface area contributed by atoms with Crippen molar-refractivity contribution in [2.75, 3.05) is 0 Å². The van der Waals surface area contributed by atoms with Gasteiger partial charge in [0, 0.05) is 0 Å². The van der Waals surface area contributed by atoms with Gasteiger partial charge in [-0.1, -0.05) is 0 Å². The predicted octanol–water partition coefficient (Wildman–Crippen LogP) is -2.10. The lowest BCUT2D eigenvalue weighted by molar-refractivity contribution is -0.256. The maximum Gasteiger partial charge on any atom is 0.122 e. The fourth-order valence-corrected chi connectivity index (χ4v) is 1.10. The van der Waals surface area contributed by atoms with Crippen LogP contribution in [0.4, 0.5) is 0 Å². The van der Waals surface area contributed by atoms with Crippen LogP contribution in [0.25, 0.3) is 0 Å². The van der Waals surface area contributed by atoms with Crippen molar-refractivity contribution in [1.29, 1.82) is 0 Å². The number of rotatable bonds is 2. The summed E-state index contributed by atoms with van der Waals surface area (Å²) >= 11 is 2.72. The Hall–Kier alpha value is -1.37. The van der Waals surface area contributed by atoms with Gasteiger partial charge in [0.05, 0.1) is 22.1 Å². The number of carboxylic acids is 2. The molecule has 0 amide bonds. The van der Waals surface area contributed by atoms with Crippen LogP contribution in [0.5, 0.6) is 0 Å². The van der Waals surface area contributed by atoms with Gasteiger partial charge in [-0.15, -0.1) is 0 Å². The second-order valence-corrected chi connectivity index (χ2v) is 2.63. The third kappa shape index (κ3) is 1.30. The van der Waals surface area contributed by atoms with Gasteiger partial charge < -0.3 is 19.8 Å². The molecule has 6 nitrogen and oxygen atoms in total. The van der Waals surface area contributed by atoms with E-state index in [1.807, 2.05) is 5.10 Å². The van der Waals surface area contributed by atoms with Gasteiger partial charge in [-0.05, 0) is 15.9 Å². The Bertz CT molecular complexity index is 314. The van der Waals surface area contributed by atoms with Gasteiger partial charge in [-0.2, -0.15) is 5.10 Å². The number of H-pyrrole nitrogens is 1. The summed E-state index contributed by atoms with van der Waals surface area (Å²) in [7, 11) is 0. The van der Waals surface area contributed by atoms with Crippen LogP contribution in [0, 0.1) is 0 Å². The highest BCUT2D eigenvalue weighted by Gasteiger charge is 2.11. The van der Waals surface area contributed by atoms with Crippen molar-refractivity contribution in [3.63, 3.8) is 0 Å². The van der Waals surface area contributed by atoms with Crippen molar-refractivity contribution in [3.05, 3.63) is 15.9 Å². The zero-order valence-corrected chi connectivity index (χ0v) is 7.04. The van der Waals surface area contributed by atoms with Gasteiger partial charge in [0.25, 0.3) is 0 Å². The van der Waals surface area contributed by atoms with E-state index in [2.05, 4.69) is 21.0 Å². The summed E-state index contributed by atoms with van der Waals surface area (Å²) in [6.45, 7) is 0. The molecule has 0 aliphatic rings. The Balaban J connectivity index is 3.22. The Kier molecular flexibility index (Phi) is 2.13. The number of nitrogens with zero attached hydrogens (tertiary/aromatic N) is 1. The number of halogens is 1. The largest absolute Gasteiger partial charge is 0.543 e. The molecule has 0 saturated heterocycles. The van der Waals surface area contributed by atoms with Crippen LogP contribution >= 0.6 is 15.9 Å². The van der Waals surface area contributed by atoms with E-state index in [0.717, 1.165) is 0 Å². The number of nitrogens with one attached hydrogen (secondary N) is 1. The number of aromatic nitrogens is 2.